The van der Waals surface area contributed by atoms with E-state index >= 15 is 0 Å². The number of ether oxygens (including phenoxy) is 1. The molecule has 0 aliphatic carbocycles. The van der Waals surface area contributed by atoms with E-state index in [1.54, 1.807) is 12.1 Å². The van der Waals surface area contributed by atoms with E-state index in [0.717, 1.165) is 22.4 Å². The first-order chi connectivity index (χ1) is 9.15. The van der Waals surface area contributed by atoms with Gasteiger partial charge in [0.1, 0.15) is 17.6 Å². The maximum atomic E-state index is 9.74. The van der Waals surface area contributed by atoms with Gasteiger partial charge >= 0.3 is 0 Å². The quantitative estimate of drug-likeness (QED) is 0.908. The summed E-state index contributed by atoms with van der Waals surface area (Å²) in [4.78, 5) is 0. The van der Waals surface area contributed by atoms with Gasteiger partial charge in [0.2, 0.25) is 0 Å². The summed E-state index contributed by atoms with van der Waals surface area (Å²) >= 11 is 0. The smallest absolute Gasteiger partial charge is 0.133 e. The molecule has 0 aliphatic rings. The molecule has 19 heavy (non-hydrogen) atoms. The predicted molar refractivity (Wildman–Crippen MR) is 74.2 cm³/mol. The molecule has 1 N–H and O–H groups in total. The minimum Gasteiger partial charge on any atom is -0.507 e. The number of aryl methyl sites for hydroxylation is 1. The lowest BCUT2D eigenvalue weighted by Gasteiger charge is -2.10. The molecule has 0 spiro atoms. The summed E-state index contributed by atoms with van der Waals surface area (Å²) in [6, 6.07) is 12.8. The maximum absolute atomic E-state index is 9.74. The van der Waals surface area contributed by atoms with Crippen molar-refractivity contribution in [1.29, 1.82) is 5.26 Å². The lowest BCUT2D eigenvalue weighted by molar-refractivity contribution is 0.340. The van der Waals surface area contributed by atoms with Crippen molar-refractivity contribution in [3.05, 3.63) is 47.5 Å². The maximum Gasteiger partial charge on any atom is 0.133 e. The second kappa shape index (κ2) is 5.45. The molecule has 0 saturated carbocycles. The first-order valence-corrected chi connectivity index (χ1v) is 6.12. The number of nitrogens with zero attached hydrogens (tertiary/aromatic N) is 1. The molecular formula is C16H15NO2. The van der Waals surface area contributed by atoms with E-state index in [9.17, 15) is 5.11 Å². The van der Waals surface area contributed by atoms with Gasteiger partial charge in [-0.1, -0.05) is 12.1 Å². The molecule has 96 valence electrons. The Hall–Kier alpha value is -2.47. The van der Waals surface area contributed by atoms with Gasteiger partial charge in [0.25, 0.3) is 0 Å². The van der Waals surface area contributed by atoms with E-state index in [-0.39, 0.29) is 11.3 Å². The van der Waals surface area contributed by atoms with Crippen molar-refractivity contribution >= 4 is 0 Å². The molecule has 0 amide bonds. The van der Waals surface area contributed by atoms with Crippen LogP contribution in [-0.2, 0) is 0 Å². The second-order valence-electron chi connectivity index (χ2n) is 4.25. The standard InChI is InChI=1S/C16H15NO2/c1-3-19-14-6-7-15(11(2)8-14)12-4-5-13(10-17)16(18)9-12/h4-9,18H,3H2,1-2H3. The highest BCUT2D eigenvalue weighted by atomic mass is 16.5. The predicted octanol–water partition coefficient (Wildman–Crippen LogP) is 3.64. The molecule has 0 radical (unpaired) electrons. The van der Waals surface area contributed by atoms with Gasteiger partial charge in [-0.2, -0.15) is 5.26 Å². The number of phenolic OH excluding ortho intramolecular Hbond substituents is 1. The van der Waals surface area contributed by atoms with Gasteiger partial charge in [0.05, 0.1) is 12.2 Å². The van der Waals surface area contributed by atoms with E-state index in [1.165, 1.54) is 0 Å². The lowest BCUT2D eigenvalue weighted by atomic mass is 9.99. The van der Waals surface area contributed by atoms with Crippen molar-refractivity contribution < 1.29 is 9.84 Å². The molecule has 3 heteroatoms. The zero-order chi connectivity index (χ0) is 13.8. The molecule has 3 nitrogen and oxygen atoms in total. The third-order valence-electron chi connectivity index (χ3n) is 2.94. The summed E-state index contributed by atoms with van der Waals surface area (Å²) in [6.07, 6.45) is 0. The van der Waals surface area contributed by atoms with Crippen LogP contribution < -0.4 is 4.74 Å². The van der Waals surface area contributed by atoms with Crippen molar-refractivity contribution in [3.63, 3.8) is 0 Å². The fourth-order valence-electron chi connectivity index (χ4n) is 2.01. The molecule has 0 aliphatic heterocycles. The monoisotopic (exact) mass is 253 g/mol. The molecule has 2 aromatic rings. The van der Waals surface area contributed by atoms with Crippen LogP contribution in [0, 0.1) is 18.3 Å². The van der Waals surface area contributed by atoms with Crippen LogP contribution in [0.2, 0.25) is 0 Å². The Morgan fingerprint density at radius 1 is 1.21 bits per heavy atom. The number of hydrogen-bond acceptors (Lipinski definition) is 3. The summed E-state index contributed by atoms with van der Waals surface area (Å²) < 4.78 is 5.45. The fraction of sp³-hybridized carbons (Fsp3) is 0.188. The molecule has 0 fully saturated rings. The van der Waals surface area contributed by atoms with Crippen molar-refractivity contribution in [2.75, 3.05) is 6.61 Å². The molecule has 2 aromatic carbocycles. The summed E-state index contributed by atoms with van der Waals surface area (Å²) in [5.41, 5.74) is 3.25. The fourth-order valence-corrected chi connectivity index (χ4v) is 2.01. The summed E-state index contributed by atoms with van der Waals surface area (Å²) in [5, 5.41) is 18.5. The molecule has 0 aromatic heterocycles. The Balaban J connectivity index is 2.42. The van der Waals surface area contributed by atoms with Crippen molar-refractivity contribution in [1.82, 2.24) is 0 Å². The van der Waals surface area contributed by atoms with E-state index in [4.69, 9.17) is 10.00 Å². The van der Waals surface area contributed by atoms with Gasteiger partial charge in [-0.3, -0.25) is 0 Å². The number of hydrogen-bond donors (Lipinski definition) is 1. The van der Waals surface area contributed by atoms with E-state index in [0.29, 0.717) is 6.61 Å². The zero-order valence-electron chi connectivity index (χ0n) is 11.0. The molecule has 0 unspecified atom stereocenters. The topological polar surface area (TPSA) is 53.2 Å². The first kappa shape index (κ1) is 13.0. The molecule has 0 bridgehead atoms. The Kier molecular flexibility index (Phi) is 3.72. The van der Waals surface area contributed by atoms with Crippen LogP contribution in [0.3, 0.4) is 0 Å². The van der Waals surface area contributed by atoms with Gasteiger partial charge in [0.15, 0.2) is 0 Å². The minimum atomic E-state index is 0.00767. The van der Waals surface area contributed by atoms with Crippen LogP contribution in [0.1, 0.15) is 18.1 Å². The normalized spacial score (nSPS) is 9.95. The summed E-state index contributed by atoms with van der Waals surface area (Å²) in [5.74, 6) is 0.843. The number of benzene rings is 2. The van der Waals surface area contributed by atoms with Crippen LogP contribution >= 0.6 is 0 Å². The largest absolute Gasteiger partial charge is 0.507 e. The molecule has 0 atom stereocenters. The second-order valence-corrected chi connectivity index (χ2v) is 4.25. The highest BCUT2D eigenvalue weighted by molar-refractivity contribution is 5.70. The van der Waals surface area contributed by atoms with Crippen molar-refractivity contribution in [2.45, 2.75) is 13.8 Å². The average molecular weight is 253 g/mol. The van der Waals surface area contributed by atoms with Crippen LogP contribution in [0.5, 0.6) is 11.5 Å². The summed E-state index contributed by atoms with van der Waals surface area (Å²) in [6.45, 7) is 4.57. The Morgan fingerprint density at radius 2 is 2.00 bits per heavy atom. The SMILES string of the molecule is CCOc1ccc(-c2ccc(C#N)c(O)c2)c(C)c1. The van der Waals surface area contributed by atoms with Gasteiger partial charge in [-0.25, -0.2) is 0 Å². The Morgan fingerprint density at radius 3 is 2.58 bits per heavy atom. The number of rotatable bonds is 3. The van der Waals surface area contributed by atoms with Crippen LogP contribution in [0.15, 0.2) is 36.4 Å². The third kappa shape index (κ3) is 2.69. The highest BCUT2D eigenvalue weighted by Gasteiger charge is 2.07. The van der Waals surface area contributed by atoms with E-state index in [2.05, 4.69) is 0 Å². The van der Waals surface area contributed by atoms with Crippen molar-refractivity contribution in [2.24, 2.45) is 0 Å². The molecular weight excluding hydrogens is 238 g/mol. The molecule has 0 saturated heterocycles. The highest BCUT2D eigenvalue weighted by Crippen LogP contribution is 2.30. The molecule has 2 rings (SSSR count). The zero-order valence-corrected chi connectivity index (χ0v) is 11.0. The lowest BCUT2D eigenvalue weighted by Crippen LogP contribution is -1.92. The van der Waals surface area contributed by atoms with Crippen LogP contribution in [-0.4, -0.2) is 11.7 Å². The van der Waals surface area contributed by atoms with Crippen LogP contribution in [0.4, 0.5) is 0 Å². The van der Waals surface area contributed by atoms with Gasteiger partial charge in [-0.15, -0.1) is 0 Å². The number of nitriles is 1. The Labute approximate surface area is 112 Å². The van der Waals surface area contributed by atoms with Crippen LogP contribution in [0.25, 0.3) is 11.1 Å². The third-order valence-corrected chi connectivity index (χ3v) is 2.94. The van der Waals surface area contributed by atoms with Gasteiger partial charge in [0, 0.05) is 0 Å². The van der Waals surface area contributed by atoms with E-state index in [1.807, 2.05) is 44.2 Å². The van der Waals surface area contributed by atoms with Gasteiger partial charge < -0.3 is 9.84 Å². The van der Waals surface area contributed by atoms with E-state index < -0.39 is 0 Å². The minimum absolute atomic E-state index is 0.00767. The average Bonchev–Trinajstić information content (AvgIpc) is 2.39. The Bertz CT molecular complexity index is 642. The number of phenols is 1. The van der Waals surface area contributed by atoms with Gasteiger partial charge in [-0.05, 0) is 54.8 Å². The number of aromatic hydroxyl groups is 1. The molecule has 0 heterocycles. The first-order valence-electron chi connectivity index (χ1n) is 6.12. The summed E-state index contributed by atoms with van der Waals surface area (Å²) in [7, 11) is 0. The van der Waals surface area contributed by atoms with Crippen molar-refractivity contribution in [3.8, 4) is 28.7 Å².